The van der Waals surface area contributed by atoms with Crippen LogP contribution in [0.1, 0.15) is 19.3 Å². The first-order valence-electron chi connectivity index (χ1n) is 4.98. The van der Waals surface area contributed by atoms with E-state index in [9.17, 15) is 14.5 Å². The number of halogens is 2. The van der Waals surface area contributed by atoms with Crippen LogP contribution in [0.25, 0.3) is 0 Å². The van der Waals surface area contributed by atoms with E-state index in [4.69, 9.17) is 0 Å². The molecule has 0 spiro atoms. The number of hydrogen-bond donors (Lipinski definition) is 1. The molecule has 1 saturated carbocycles. The normalized spacial score (nSPS) is 15.6. The Kier molecular flexibility index (Phi) is 3.09. The first-order chi connectivity index (χ1) is 7.58. The zero-order valence-electron chi connectivity index (χ0n) is 8.37. The highest BCUT2D eigenvalue weighted by molar-refractivity contribution is 9.10. The summed E-state index contributed by atoms with van der Waals surface area (Å²) in [5, 5.41) is 13.8. The van der Waals surface area contributed by atoms with E-state index in [2.05, 4.69) is 21.2 Å². The summed E-state index contributed by atoms with van der Waals surface area (Å²) in [5.41, 5.74) is 0.163. The third kappa shape index (κ3) is 2.16. The molecular formula is C10H10BrFN2O2. The topological polar surface area (TPSA) is 55.2 Å². The molecule has 0 unspecified atom stereocenters. The maximum absolute atomic E-state index is 13.3. The van der Waals surface area contributed by atoms with E-state index in [1.807, 2.05) is 0 Å². The molecule has 0 amide bonds. The lowest BCUT2D eigenvalue weighted by molar-refractivity contribution is -0.384. The van der Waals surface area contributed by atoms with Crippen molar-refractivity contribution in [3.8, 4) is 0 Å². The molecule has 86 valence electrons. The highest BCUT2D eigenvalue weighted by Crippen LogP contribution is 2.33. The van der Waals surface area contributed by atoms with Crippen molar-refractivity contribution in [3.63, 3.8) is 0 Å². The minimum atomic E-state index is -0.509. The van der Waals surface area contributed by atoms with Crippen LogP contribution in [0.4, 0.5) is 15.8 Å². The van der Waals surface area contributed by atoms with Gasteiger partial charge in [-0.2, -0.15) is 0 Å². The molecule has 0 aromatic heterocycles. The first kappa shape index (κ1) is 11.3. The van der Waals surface area contributed by atoms with E-state index in [0.29, 0.717) is 0 Å². The van der Waals surface area contributed by atoms with Gasteiger partial charge in [0.15, 0.2) is 0 Å². The van der Waals surface area contributed by atoms with Crippen molar-refractivity contribution < 1.29 is 9.31 Å². The van der Waals surface area contributed by atoms with Gasteiger partial charge in [-0.1, -0.05) is 0 Å². The average Bonchev–Trinajstić information content (AvgIpc) is 2.16. The Balaban J connectivity index is 2.32. The number of benzene rings is 1. The number of nitro groups is 1. The Morgan fingerprint density at radius 1 is 1.50 bits per heavy atom. The fourth-order valence-electron chi connectivity index (χ4n) is 1.58. The second kappa shape index (κ2) is 4.37. The fraction of sp³-hybridized carbons (Fsp3) is 0.400. The van der Waals surface area contributed by atoms with Crippen LogP contribution in [-0.4, -0.2) is 11.0 Å². The lowest BCUT2D eigenvalue weighted by atomic mass is 9.93. The van der Waals surface area contributed by atoms with Gasteiger partial charge in [0.1, 0.15) is 11.5 Å². The predicted molar refractivity (Wildman–Crippen MR) is 62.0 cm³/mol. The third-order valence-electron chi connectivity index (χ3n) is 2.70. The van der Waals surface area contributed by atoms with Crippen LogP contribution in [0.15, 0.2) is 16.6 Å². The molecule has 0 heterocycles. The molecule has 1 aliphatic carbocycles. The molecule has 0 atom stereocenters. The van der Waals surface area contributed by atoms with E-state index in [1.54, 1.807) is 0 Å². The Labute approximate surface area is 100 Å². The summed E-state index contributed by atoms with van der Waals surface area (Å²) in [4.78, 5) is 10.3. The standard InChI is InChI=1S/C10H10BrFN2O2/c11-7-4-10(14(15)16)9(5-8(7)12)13-6-2-1-3-6/h4-6,13H,1-3H2. The molecule has 0 saturated heterocycles. The smallest absolute Gasteiger partial charge is 0.293 e. The van der Waals surface area contributed by atoms with Crippen molar-refractivity contribution in [3.05, 3.63) is 32.5 Å². The number of hydrogen-bond acceptors (Lipinski definition) is 3. The van der Waals surface area contributed by atoms with Crippen molar-refractivity contribution >= 4 is 27.3 Å². The number of nitrogens with zero attached hydrogens (tertiary/aromatic N) is 1. The summed E-state index contributed by atoms with van der Waals surface area (Å²) in [6, 6.07) is 2.59. The van der Waals surface area contributed by atoms with Crippen molar-refractivity contribution in [2.45, 2.75) is 25.3 Å². The molecule has 16 heavy (non-hydrogen) atoms. The highest BCUT2D eigenvalue weighted by Gasteiger charge is 2.23. The molecule has 1 aromatic carbocycles. The molecule has 1 N–H and O–H groups in total. The molecule has 0 aliphatic heterocycles. The molecule has 1 aromatic rings. The highest BCUT2D eigenvalue weighted by atomic mass is 79.9. The van der Waals surface area contributed by atoms with Crippen LogP contribution in [0.3, 0.4) is 0 Å². The van der Waals surface area contributed by atoms with Crippen molar-refractivity contribution in [1.29, 1.82) is 0 Å². The van der Waals surface area contributed by atoms with Crippen molar-refractivity contribution in [2.24, 2.45) is 0 Å². The van der Waals surface area contributed by atoms with Gasteiger partial charge in [0.2, 0.25) is 0 Å². The van der Waals surface area contributed by atoms with Gasteiger partial charge in [0.25, 0.3) is 5.69 Å². The number of nitrogens with one attached hydrogen (secondary N) is 1. The number of anilines is 1. The Hall–Kier alpha value is -1.17. The molecule has 1 fully saturated rings. The minimum absolute atomic E-state index is 0.0971. The first-order valence-corrected chi connectivity index (χ1v) is 5.77. The molecule has 0 bridgehead atoms. The SMILES string of the molecule is O=[N+]([O-])c1cc(Br)c(F)cc1NC1CCC1. The zero-order valence-corrected chi connectivity index (χ0v) is 9.96. The van der Waals surface area contributed by atoms with Gasteiger partial charge in [0, 0.05) is 18.2 Å². The Morgan fingerprint density at radius 3 is 2.69 bits per heavy atom. The largest absolute Gasteiger partial charge is 0.377 e. The zero-order chi connectivity index (χ0) is 11.7. The second-order valence-electron chi connectivity index (χ2n) is 3.81. The van der Waals surface area contributed by atoms with Crippen LogP contribution >= 0.6 is 15.9 Å². The van der Waals surface area contributed by atoms with Gasteiger partial charge in [-0.3, -0.25) is 10.1 Å². The van der Waals surface area contributed by atoms with E-state index in [-0.39, 0.29) is 21.9 Å². The van der Waals surface area contributed by atoms with Crippen molar-refractivity contribution in [1.82, 2.24) is 0 Å². The number of rotatable bonds is 3. The molecule has 0 radical (unpaired) electrons. The summed E-state index contributed by atoms with van der Waals surface area (Å²) >= 11 is 2.94. The van der Waals surface area contributed by atoms with Crippen LogP contribution in [0.5, 0.6) is 0 Å². The van der Waals surface area contributed by atoms with Gasteiger partial charge in [-0.05, 0) is 35.2 Å². The van der Waals surface area contributed by atoms with Gasteiger partial charge in [-0.15, -0.1) is 0 Å². The van der Waals surface area contributed by atoms with Crippen LogP contribution in [-0.2, 0) is 0 Å². The van der Waals surface area contributed by atoms with Gasteiger partial charge < -0.3 is 5.32 Å². The predicted octanol–water partition coefficient (Wildman–Crippen LogP) is 3.46. The average molecular weight is 289 g/mol. The Bertz CT molecular complexity index is 435. The summed E-state index contributed by atoms with van der Waals surface area (Å²) in [6.07, 6.45) is 3.08. The quantitative estimate of drug-likeness (QED) is 0.684. The van der Waals surface area contributed by atoms with Gasteiger partial charge in [-0.25, -0.2) is 4.39 Å². The third-order valence-corrected chi connectivity index (χ3v) is 3.31. The molecule has 2 rings (SSSR count). The van der Waals surface area contributed by atoms with Crippen LogP contribution in [0, 0.1) is 15.9 Å². The van der Waals surface area contributed by atoms with Crippen LogP contribution in [0.2, 0.25) is 0 Å². The fourth-order valence-corrected chi connectivity index (χ4v) is 1.91. The van der Waals surface area contributed by atoms with E-state index < -0.39 is 10.7 Å². The Morgan fingerprint density at radius 2 is 2.19 bits per heavy atom. The summed E-state index contributed by atoms with van der Waals surface area (Å²) in [5.74, 6) is -0.493. The molecule has 6 heteroatoms. The lowest BCUT2D eigenvalue weighted by Gasteiger charge is -2.27. The summed E-state index contributed by atoms with van der Waals surface area (Å²) < 4.78 is 13.4. The molecular weight excluding hydrogens is 279 g/mol. The molecule has 1 aliphatic rings. The second-order valence-corrected chi connectivity index (χ2v) is 4.67. The van der Waals surface area contributed by atoms with Gasteiger partial charge >= 0.3 is 0 Å². The van der Waals surface area contributed by atoms with Gasteiger partial charge in [0.05, 0.1) is 9.40 Å². The van der Waals surface area contributed by atoms with E-state index in [1.165, 1.54) is 12.1 Å². The summed E-state index contributed by atoms with van der Waals surface area (Å²) in [7, 11) is 0. The van der Waals surface area contributed by atoms with Crippen molar-refractivity contribution in [2.75, 3.05) is 5.32 Å². The van der Waals surface area contributed by atoms with E-state index >= 15 is 0 Å². The maximum Gasteiger partial charge on any atom is 0.293 e. The summed E-state index contributed by atoms with van der Waals surface area (Å²) in [6.45, 7) is 0. The lowest BCUT2D eigenvalue weighted by Crippen LogP contribution is -2.27. The number of nitro benzene ring substituents is 1. The van der Waals surface area contributed by atoms with E-state index in [0.717, 1.165) is 19.3 Å². The molecule has 4 nitrogen and oxygen atoms in total. The minimum Gasteiger partial charge on any atom is -0.377 e. The maximum atomic E-state index is 13.3. The van der Waals surface area contributed by atoms with Crippen LogP contribution < -0.4 is 5.32 Å². The monoisotopic (exact) mass is 288 g/mol.